The van der Waals surface area contributed by atoms with Crippen LogP contribution in [-0.4, -0.2) is 41.3 Å². The van der Waals surface area contributed by atoms with Gasteiger partial charge in [0.1, 0.15) is 5.69 Å². The molecule has 7 nitrogen and oxygen atoms in total. The number of hydrogen-bond acceptors (Lipinski definition) is 5. The minimum Gasteiger partial charge on any atom is -0.316 e. The Morgan fingerprint density at radius 3 is 2.84 bits per heavy atom. The number of fused-ring (bicyclic) bond motifs is 1. The van der Waals surface area contributed by atoms with Crippen LogP contribution in [0.25, 0.3) is 22.2 Å². The average molecular weight is 337 g/mol. The summed E-state index contributed by atoms with van der Waals surface area (Å²) in [5.41, 5.74) is 3.39. The van der Waals surface area contributed by atoms with Gasteiger partial charge in [0, 0.05) is 29.9 Å². The lowest BCUT2D eigenvalue weighted by atomic mass is 10.1. The van der Waals surface area contributed by atoms with Crippen LogP contribution in [0.15, 0.2) is 42.7 Å². The molecule has 25 heavy (non-hydrogen) atoms. The lowest BCUT2D eigenvalue weighted by Gasteiger charge is -2.22. The van der Waals surface area contributed by atoms with E-state index in [1.807, 2.05) is 30.3 Å². The van der Waals surface area contributed by atoms with Crippen molar-refractivity contribution in [2.75, 3.05) is 25.3 Å². The fourth-order valence-electron chi connectivity index (χ4n) is 3.21. The zero-order valence-electron chi connectivity index (χ0n) is 13.9. The number of benzene rings is 1. The molecule has 1 aromatic carbocycles. The Balaban J connectivity index is 1.73. The Bertz CT molecular complexity index is 887. The largest absolute Gasteiger partial charge is 0.316 e. The number of aromatic nitrogens is 3. The van der Waals surface area contributed by atoms with Gasteiger partial charge in [0.15, 0.2) is 0 Å². The number of rotatable bonds is 4. The molecule has 0 bridgehead atoms. The maximum Gasteiger partial charge on any atom is 0.255 e. The molecule has 1 aliphatic rings. The molecule has 7 heteroatoms. The van der Waals surface area contributed by atoms with Crippen molar-refractivity contribution < 1.29 is 9.63 Å². The van der Waals surface area contributed by atoms with Crippen molar-refractivity contribution in [3.05, 3.63) is 42.7 Å². The van der Waals surface area contributed by atoms with Gasteiger partial charge in [0.25, 0.3) is 5.91 Å². The molecule has 1 unspecified atom stereocenters. The average Bonchev–Trinajstić information content (AvgIpc) is 3.33. The highest BCUT2D eigenvalue weighted by Crippen LogP contribution is 2.30. The number of H-pyrrole nitrogens is 1. The van der Waals surface area contributed by atoms with E-state index >= 15 is 0 Å². The van der Waals surface area contributed by atoms with Gasteiger partial charge in [-0.3, -0.25) is 19.7 Å². The second-order valence-corrected chi connectivity index (χ2v) is 6.04. The van der Waals surface area contributed by atoms with Crippen molar-refractivity contribution in [1.82, 2.24) is 20.5 Å². The molecule has 3 aromatic rings. The molecular formula is C18H19N5O2. The Morgan fingerprint density at radius 1 is 1.28 bits per heavy atom. The summed E-state index contributed by atoms with van der Waals surface area (Å²) < 4.78 is 0. The highest BCUT2D eigenvalue weighted by molar-refractivity contribution is 5.99. The SMILES string of the molecule is CON(C(=O)C1CCNC1)c1ccc2[nH]nc(-c3ccncc3)c2c1. The van der Waals surface area contributed by atoms with Gasteiger partial charge in [-0.15, -0.1) is 0 Å². The summed E-state index contributed by atoms with van der Waals surface area (Å²) in [7, 11) is 1.52. The first-order valence-electron chi connectivity index (χ1n) is 8.25. The van der Waals surface area contributed by atoms with Crippen molar-refractivity contribution in [2.24, 2.45) is 5.92 Å². The molecule has 2 N–H and O–H groups in total. The van der Waals surface area contributed by atoms with Crippen LogP contribution < -0.4 is 10.4 Å². The van der Waals surface area contributed by atoms with Crippen LogP contribution in [0, 0.1) is 5.92 Å². The number of nitrogens with zero attached hydrogens (tertiary/aromatic N) is 3. The van der Waals surface area contributed by atoms with E-state index in [9.17, 15) is 4.79 Å². The van der Waals surface area contributed by atoms with E-state index < -0.39 is 0 Å². The van der Waals surface area contributed by atoms with E-state index in [4.69, 9.17) is 4.84 Å². The van der Waals surface area contributed by atoms with E-state index in [2.05, 4.69) is 20.5 Å². The third kappa shape index (κ3) is 2.88. The van der Waals surface area contributed by atoms with Gasteiger partial charge in [-0.1, -0.05) is 0 Å². The Kier molecular flexibility index (Phi) is 4.17. The summed E-state index contributed by atoms with van der Waals surface area (Å²) in [5.74, 6) is -0.0829. The minimum absolute atomic E-state index is 0.0270. The van der Waals surface area contributed by atoms with Crippen molar-refractivity contribution in [2.45, 2.75) is 6.42 Å². The van der Waals surface area contributed by atoms with E-state index in [1.54, 1.807) is 12.4 Å². The third-order valence-corrected chi connectivity index (χ3v) is 4.53. The fourth-order valence-corrected chi connectivity index (χ4v) is 3.21. The predicted molar refractivity (Wildman–Crippen MR) is 94.8 cm³/mol. The Hall–Kier alpha value is -2.77. The van der Waals surface area contributed by atoms with E-state index in [1.165, 1.54) is 12.2 Å². The second kappa shape index (κ2) is 6.62. The van der Waals surface area contributed by atoms with Gasteiger partial charge in [-0.2, -0.15) is 10.2 Å². The Labute approximate surface area is 145 Å². The highest BCUT2D eigenvalue weighted by atomic mass is 16.7. The molecule has 0 spiro atoms. The zero-order valence-corrected chi connectivity index (χ0v) is 13.9. The molecule has 1 atom stereocenters. The topological polar surface area (TPSA) is 83.1 Å². The molecule has 1 amide bonds. The van der Waals surface area contributed by atoms with Crippen molar-refractivity contribution in [1.29, 1.82) is 0 Å². The zero-order chi connectivity index (χ0) is 17.2. The molecule has 1 saturated heterocycles. The number of nitrogens with one attached hydrogen (secondary N) is 2. The number of carbonyl (C=O) groups excluding carboxylic acids is 1. The molecule has 0 radical (unpaired) electrons. The lowest BCUT2D eigenvalue weighted by molar-refractivity contribution is -0.128. The number of pyridine rings is 1. The molecular weight excluding hydrogens is 318 g/mol. The minimum atomic E-state index is -0.0559. The van der Waals surface area contributed by atoms with Crippen LogP contribution in [0.2, 0.25) is 0 Å². The molecule has 0 saturated carbocycles. The van der Waals surface area contributed by atoms with Crippen LogP contribution in [-0.2, 0) is 9.63 Å². The van der Waals surface area contributed by atoms with Crippen LogP contribution in [0.3, 0.4) is 0 Å². The maximum atomic E-state index is 12.7. The van der Waals surface area contributed by atoms with Gasteiger partial charge in [-0.05, 0) is 43.3 Å². The summed E-state index contributed by atoms with van der Waals surface area (Å²) in [6, 6.07) is 9.52. The van der Waals surface area contributed by atoms with Gasteiger partial charge < -0.3 is 5.32 Å². The second-order valence-electron chi connectivity index (χ2n) is 6.04. The molecule has 0 aliphatic carbocycles. The van der Waals surface area contributed by atoms with Gasteiger partial charge in [0.05, 0.1) is 24.2 Å². The summed E-state index contributed by atoms with van der Waals surface area (Å²) in [6.45, 7) is 1.55. The van der Waals surface area contributed by atoms with Gasteiger partial charge >= 0.3 is 0 Å². The van der Waals surface area contributed by atoms with Crippen LogP contribution in [0.1, 0.15) is 6.42 Å². The molecule has 128 valence electrons. The van der Waals surface area contributed by atoms with E-state index in [0.29, 0.717) is 12.2 Å². The lowest BCUT2D eigenvalue weighted by Crippen LogP contribution is -2.36. The normalized spacial score (nSPS) is 17.1. The summed E-state index contributed by atoms with van der Waals surface area (Å²) in [5, 5.41) is 13.0. The Morgan fingerprint density at radius 2 is 2.12 bits per heavy atom. The smallest absolute Gasteiger partial charge is 0.255 e. The number of hydroxylamine groups is 1. The quantitative estimate of drug-likeness (QED) is 0.713. The van der Waals surface area contributed by atoms with Crippen LogP contribution in [0.5, 0.6) is 0 Å². The van der Waals surface area contributed by atoms with E-state index in [0.717, 1.165) is 35.1 Å². The molecule has 1 fully saturated rings. The monoisotopic (exact) mass is 337 g/mol. The maximum absolute atomic E-state index is 12.7. The highest BCUT2D eigenvalue weighted by Gasteiger charge is 2.28. The molecule has 1 aliphatic heterocycles. The number of anilines is 1. The number of aromatic amines is 1. The van der Waals surface area contributed by atoms with Crippen LogP contribution in [0.4, 0.5) is 5.69 Å². The molecule has 2 aromatic heterocycles. The summed E-state index contributed by atoms with van der Waals surface area (Å²) in [6.07, 6.45) is 4.30. The van der Waals surface area contributed by atoms with Crippen molar-refractivity contribution in [3.63, 3.8) is 0 Å². The first-order chi connectivity index (χ1) is 12.3. The van der Waals surface area contributed by atoms with Crippen LogP contribution >= 0.6 is 0 Å². The number of carbonyl (C=O) groups is 1. The number of amides is 1. The third-order valence-electron chi connectivity index (χ3n) is 4.53. The standard InChI is InChI=1S/C18H19N5O2/c1-25-23(18(24)13-6-9-20-11-13)14-2-3-16-15(10-14)17(22-21-16)12-4-7-19-8-5-12/h2-5,7-8,10,13,20H,6,9,11H2,1H3,(H,21,22). The van der Waals surface area contributed by atoms with E-state index in [-0.39, 0.29) is 11.8 Å². The summed E-state index contributed by atoms with van der Waals surface area (Å²) in [4.78, 5) is 22.2. The van der Waals surface area contributed by atoms with Gasteiger partial charge in [-0.25, -0.2) is 0 Å². The molecule has 3 heterocycles. The first kappa shape index (κ1) is 15.7. The van der Waals surface area contributed by atoms with Crippen molar-refractivity contribution in [3.8, 4) is 11.3 Å². The number of hydrogen-bond donors (Lipinski definition) is 2. The first-order valence-corrected chi connectivity index (χ1v) is 8.25. The van der Waals surface area contributed by atoms with Gasteiger partial charge in [0.2, 0.25) is 0 Å². The molecule has 4 rings (SSSR count). The fraction of sp³-hybridized carbons (Fsp3) is 0.278. The predicted octanol–water partition coefficient (Wildman–Crippen LogP) is 2.13. The summed E-state index contributed by atoms with van der Waals surface area (Å²) >= 11 is 0. The van der Waals surface area contributed by atoms with Crippen molar-refractivity contribution >= 4 is 22.5 Å².